The standard InChI is InChI=1S/C14H19N3O/c1-10(2)17-14(16-9-18)7-11-8-15-13-6-4-3-5-12(11)13/h3-6,8-10,14-15,17H,7H2,1-2H3,(H,16,18)/t14-/m1/s1. The molecule has 0 saturated heterocycles. The zero-order chi connectivity index (χ0) is 13.0. The van der Waals surface area contributed by atoms with Crippen LogP contribution in [-0.2, 0) is 11.2 Å². The average molecular weight is 245 g/mol. The number of amides is 1. The lowest BCUT2D eigenvalue weighted by molar-refractivity contribution is -0.110. The summed E-state index contributed by atoms with van der Waals surface area (Å²) in [6, 6.07) is 8.51. The van der Waals surface area contributed by atoms with Gasteiger partial charge in [-0.25, -0.2) is 0 Å². The zero-order valence-electron chi connectivity index (χ0n) is 10.7. The Bertz CT molecular complexity index is 518. The van der Waals surface area contributed by atoms with E-state index in [0.717, 1.165) is 18.3 Å². The molecule has 0 saturated carbocycles. The van der Waals surface area contributed by atoms with Gasteiger partial charge in [0.05, 0.1) is 6.17 Å². The third-order valence-electron chi connectivity index (χ3n) is 2.90. The van der Waals surface area contributed by atoms with E-state index in [0.29, 0.717) is 6.04 Å². The van der Waals surface area contributed by atoms with Crippen molar-refractivity contribution in [1.82, 2.24) is 15.6 Å². The third-order valence-corrected chi connectivity index (χ3v) is 2.90. The lowest BCUT2D eigenvalue weighted by Gasteiger charge is -2.20. The lowest BCUT2D eigenvalue weighted by Crippen LogP contribution is -2.46. The van der Waals surface area contributed by atoms with Gasteiger partial charge in [-0.15, -0.1) is 0 Å². The molecule has 1 atom stereocenters. The maximum atomic E-state index is 10.6. The van der Waals surface area contributed by atoms with Crippen LogP contribution < -0.4 is 10.6 Å². The van der Waals surface area contributed by atoms with Crippen molar-refractivity contribution in [2.75, 3.05) is 0 Å². The van der Waals surface area contributed by atoms with Gasteiger partial charge in [-0.05, 0) is 25.5 Å². The van der Waals surface area contributed by atoms with Gasteiger partial charge in [-0.2, -0.15) is 0 Å². The molecular weight excluding hydrogens is 226 g/mol. The van der Waals surface area contributed by atoms with Crippen LogP contribution >= 0.6 is 0 Å². The number of benzene rings is 1. The van der Waals surface area contributed by atoms with Crippen molar-refractivity contribution in [3.05, 3.63) is 36.0 Å². The van der Waals surface area contributed by atoms with Crippen molar-refractivity contribution in [1.29, 1.82) is 0 Å². The number of rotatable bonds is 6. The summed E-state index contributed by atoms with van der Waals surface area (Å²) in [7, 11) is 0. The Balaban J connectivity index is 2.17. The smallest absolute Gasteiger partial charge is 0.208 e. The van der Waals surface area contributed by atoms with Crippen LogP contribution in [0.15, 0.2) is 30.5 Å². The predicted molar refractivity (Wildman–Crippen MR) is 73.3 cm³/mol. The molecule has 1 amide bonds. The summed E-state index contributed by atoms with van der Waals surface area (Å²) in [6.07, 6.45) is 3.48. The minimum absolute atomic E-state index is 0.0401. The molecule has 1 heterocycles. The molecule has 0 radical (unpaired) electrons. The fourth-order valence-electron chi connectivity index (χ4n) is 2.17. The maximum absolute atomic E-state index is 10.6. The van der Waals surface area contributed by atoms with Crippen LogP contribution in [0, 0.1) is 0 Å². The largest absolute Gasteiger partial charge is 0.361 e. The summed E-state index contributed by atoms with van der Waals surface area (Å²) in [5.74, 6) is 0. The maximum Gasteiger partial charge on any atom is 0.208 e. The molecule has 1 aromatic heterocycles. The normalized spacial score (nSPS) is 12.8. The van der Waals surface area contributed by atoms with Gasteiger partial charge in [-0.3, -0.25) is 10.1 Å². The summed E-state index contributed by atoms with van der Waals surface area (Å²) in [5.41, 5.74) is 2.33. The Morgan fingerprint density at radius 3 is 2.83 bits per heavy atom. The topological polar surface area (TPSA) is 56.9 Å². The Kier molecular flexibility index (Phi) is 3.99. The van der Waals surface area contributed by atoms with Crippen molar-refractivity contribution in [2.45, 2.75) is 32.5 Å². The molecule has 0 spiro atoms. The molecule has 0 fully saturated rings. The number of aromatic nitrogens is 1. The Hall–Kier alpha value is -1.81. The Morgan fingerprint density at radius 2 is 2.11 bits per heavy atom. The van der Waals surface area contributed by atoms with Crippen molar-refractivity contribution in [3.63, 3.8) is 0 Å². The summed E-state index contributed by atoms with van der Waals surface area (Å²) >= 11 is 0. The molecule has 3 N–H and O–H groups in total. The van der Waals surface area contributed by atoms with Gasteiger partial charge in [-0.1, -0.05) is 18.2 Å². The molecule has 18 heavy (non-hydrogen) atoms. The van der Waals surface area contributed by atoms with E-state index in [-0.39, 0.29) is 6.17 Å². The first-order valence-electron chi connectivity index (χ1n) is 6.21. The van der Waals surface area contributed by atoms with Gasteiger partial charge in [0.15, 0.2) is 0 Å². The van der Waals surface area contributed by atoms with Gasteiger partial charge in [0.25, 0.3) is 0 Å². The van der Waals surface area contributed by atoms with Crippen LogP contribution in [0.2, 0.25) is 0 Å². The highest BCUT2D eigenvalue weighted by Gasteiger charge is 2.12. The number of nitrogens with one attached hydrogen (secondary N) is 3. The van der Waals surface area contributed by atoms with E-state index in [9.17, 15) is 4.79 Å². The summed E-state index contributed by atoms with van der Waals surface area (Å²) in [4.78, 5) is 13.9. The number of carbonyl (C=O) groups is 1. The quantitative estimate of drug-likeness (QED) is 0.537. The van der Waals surface area contributed by atoms with Crippen LogP contribution in [0.1, 0.15) is 19.4 Å². The molecule has 0 bridgehead atoms. The minimum atomic E-state index is -0.0401. The SMILES string of the molecule is CC(C)N[C@H](Cc1c[nH]c2ccccc12)NC=O. The number of hydrogen-bond acceptors (Lipinski definition) is 2. The lowest BCUT2D eigenvalue weighted by atomic mass is 10.1. The molecule has 2 aromatic rings. The molecule has 2 rings (SSSR count). The monoisotopic (exact) mass is 245 g/mol. The van der Waals surface area contributed by atoms with Crippen LogP contribution in [0.25, 0.3) is 10.9 Å². The third kappa shape index (κ3) is 2.90. The van der Waals surface area contributed by atoms with Gasteiger partial charge in [0.1, 0.15) is 0 Å². The van der Waals surface area contributed by atoms with Gasteiger partial charge < -0.3 is 10.3 Å². The first-order valence-corrected chi connectivity index (χ1v) is 6.21. The highest BCUT2D eigenvalue weighted by Crippen LogP contribution is 2.18. The second-order valence-electron chi connectivity index (χ2n) is 4.72. The number of para-hydroxylation sites is 1. The van der Waals surface area contributed by atoms with E-state index in [1.807, 2.05) is 18.3 Å². The van der Waals surface area contributed by atoms with Crippen molar-refractivity contribution >= 4 is 17.3 Å². The number of hydrogen-bond donors (Lipinski definition) is 3. The zero-order valence-corrected chi connectivity index (χ0v) is 10.7. The minimum Gasteiger partial charge on any atom is -0.361 e. The molecule has 1 aromatic carbocycles. The second-order valence-corrected chi connectivity index (χ2v) is 4.72. The summed E-state index contributed by atoms with van der Waals surface area (Å²) in [6.45, 7) is 4.13. The van der Waals surface area contributed by atoms with Crippen molar-refractivity contribution < 1.29 is 4.79 Å². The highest BCUT2D eigenvalue weighted by atomic mass is 16.1. The van der Waals surface area contributed by atoms with Crippen molar-refractivity contribution in [2.24, 2.45) is 0 Å². The van der Waals surface area contributed by atoms with E-state index in [2.05, 4.69) is 41.6 Å². The number of carbonyl (C=O) groups excluding carboxylic acids is 1. The Morgan fingerprint density at radius 1 is 1.33 bits per heavy atom. The van der Waals surface area contributed by atoms with Crippen LogP contribution in [0.3, 0.4) is 0 Å². The van der Waals surface area contributed by atoms with Gasteiger partial charge in [0, 0.05) is 29.6 Å². The van der Waals surface area contributed by atoms with E-state index in [4.69, 9.17) is 0 Å². The number of H-pyrrole nitrogens is 1. The summed E-state index contributed by atoms with van der Waals surface area (Å²) in [5, 5.41) is 7.35. The Labute approximate surface area is 107 Å². The molecular formula is C14H19N3O. The molecule has 0 aliphatic carbocycles. The molecule has 0 aliphatic heterocycles. The fourth-order valence-corrected chi connectivity index (χ4v) is 2.17. The van der Waals surface area contributed by atoms with Crippen LogP contribution in [-0.4, -0.2) is 23.6 Å². The first kappa shape index (κ1) is 12.6. The van der Waals surface area contributed by atoms with Crippen LogP contribution in [0.5, 0.6) is 0 Å². The number of fused-ring (bicyclic) bond motifs is 1. The van der Waals surface area contributed by atoms with E-state index in [1.54, 1.807) is 0 Å². The molecule has 4 heteroatoms. The average Bonchev–Trinajstić information content (AvgIpc) is 2.72. The highest BCUT2D eigenvalue weighted by molar-refractivity contribution is 5.83. The molecule has 96 valence electrons. The fraction of sp³-hybridized carbons (Fsp3) is 0.357. The van der Waals surface area contributed by atoms with E-state index >= 15 is 0 Å². The molecule has 4 nitrogen and oxygen atoms in total. The molecule has 0 unspecified atom stereocenters. The van der Waals surface area contributed by atoms with Crippen LogP contribution in [0.4, 0.5) is 0 Å². The van der Waals surface area contributed by atoms with Crippen molar-refractivity contribution in [3.8, 4) is 0 Å². The predicted octanol–water partition coefficient (Wildman–Crippen LogP) is 1.78. The van der Waals surface area contributed by atoms with E-state index in [1.165, 1.54) is 10.9 Å². The summed E-state index contributed by atoms with van der Waals surface area (Å²) < 4.78 is 0. The number of aromatic amines is 1. The first-order chi connectivity index (χ1) is 8.70. The van der Waals surface area contributed by atoms with Gasteiger partial charge in [0.2, 0.25) is 6.41 Å². The van der Waals surface area contributed by atoms with E-state index < -0.39 is 0 Å². The van der Waals surface area contributed by atoms with Gasteiger partial charge >= 0.3 is 0 Å². The second kappa shape index (κ2) is 5.69. The molecule has 0 aliphatic rings.